The zero-order chi connectivity index (χ0) is 13.0. The van der Waals surface area contributed by atoms with Crippen LogP contribution in [0.4, 0.5) is 5.82 Å². The summed E-state index contributed by atoms with van der Waals surface area (Å²) in [7, 11) is 1.85. The van der Waals surface area contributed by atoms with E-state index in [1.54, 1.807) is 0 Å². The van der Waals surface area contributed by atoms with Crippen LogP contribution in [0.25, 0.3) is 0 Å². The van der Waals surface area contributed by atoms with Gasteiger partial charge in [-0.05, 0) is 19.3 Å². The molecule has 0 amide bonds. The van der Waals surface area contributed by atoms with Gasteiger partial charge in [0.15, 0.2) is 11.5 Å². The van der Waals surface area contributed by atoms with E-state index in [-0.39, 0.29) is 11.7 Å². The average Bonchev–Trinajstić information content (AvgIpc) is 2.27. The lowest BCUT2D eigenvalue weighted by Gasteiger charge is -2.27. The maximum absolute atomic E-state index is 11.0. The summed E-state index contributed by atoms with van der Waals surface area (Å²) in [5, 5.41) is 9.05. The Morgan fingerprint density at radius 2 is 1.94 bits per heavy atom. The SMILES string of the molecule is CC(C)CC(C)N(C)c1nccnc1C(=O)O. The first kappa shape index (κ1) is 13.4. The van der Waals surface area contributed by atoms with Gasteiger partial charge in [-0.3, -0.25) is 0 Å². The molecule has 5 nitrogen and oxygen atoms in total. The van der Waals surface area contributed by atoms with Crippen molar-refractivity contribution in [2.24, 2.45) is 5.92 Å². The van der Waals surface area contributed by atoms with Gasteiger partial charge in [0.25, 0.3) is 0 Å². The minimum absolute atomic E-state index is 0.00519. The maximum atomic E-state index is 11.0. The summed E-state index contributed by atoms with van der Waals surface area (Å²) < 4.78 is 0. The van der Waals surface area contributed by atoms with E-state index in [0.717, 1.165) is 6.42 Å². The summed E-state index contributed by atoms with van der Waals surface area (Å²) in [5.41, 5.74) is 0.00519. The van der Waals surface area contributed by atoms with E-state index < -0.39 is 5.97 Å². The Balaban J connectivity index is 2.95. The molecule has 1 rings (SSSR count). The summed E-state index contributed by atoms with van der Waals surface area (Å²) in [6, 6.07) is 0.227. The second kappa shape index (κ2) is 5.61. The first-order valence-corrected chi connectivity index (χ1v) is 5.70. The van der Waals surface area contributed by atoms with Crippen LogP contribution in [0.3, 0.4) is 0 Å². The molecule has 0 saturated heterocycles. The van der Waals surface area contributed by atoms with Gasteiger partial charge < -0.3 is 10.0 Å². The highest BCUT2D eigenvalue weighted by Gasteiger charge is 2.20. The molecule has 5 heteroatoms. The fraction of sp³-hybridized carbons (Fsp3) is 0.583. The molecule has 1 N–H and O–H groups in total. The lowest BCUT2D eigenvalue weighted by molar-refractivity contribution is 0.0690. The van der Waals surface area contributed by atoms with E-state index in [0.29, 0.717) is 11.7 Å². The number of carbonyl (C=O) groups is 1. The highest BCUT2D eigenvalue weighted by Crippen LogP contribution is 2.19. The predicted octanol–water partition coefficient (Wildman–Crippen LogP) is 2.05. The van der Waals surface area contributed by atoms with Crippen molar-refractivity contribution >= 4 is 11.8 Å². The zero-order valence-electron chi connectivity index (χ0n) is 10.7. The molecule has 0 bridgehead atoms. The second-order valence-corrected chi connectivity index (χ2v) is 4.62. The summed E-state index contributed by atoms with van der Waals surface area (Å²) in [4.78, 5) is 20.9. The van der Waals surface area contributed by atoms with Crippen LogP contribution in [-0.2, 0) is 0 Å². The molecule has 1 heterocycles. The normalized spacial score (nSPS) is 12.5. The maximum Gasteiger partial charge on any atom is 0.358 e. The van der Waals surface area contributed by atoms with E-state index in [1.165, 1.54) is 12.4 Å². The van der Waals surface area contributed by atoms with Crippen molar-refractivity contribution in [3.63, 3.8) is 0 Å². The molecule has 0 aromatic carbocycles. The van der Waals surface area contributed by atoms with Crippen LogP contribution in [0.2, 0.25) is 0 Å². The Bertz CT molecular complexity index is 393. The summed E-state index contributed by atoms with van der Waals surface area (Å²) >= 11 is 0. The molecular weight excluding hydrogens is 218 g/mol. The summed E-state index contributed by atoms with van der Waals surface area (Å²) in [6.45, 7) is 6.33. The van der Waals surface area contributed by atoms with Crippen molar-refractivity contribution in [3.8, 4) is 0 Å². The van der Waals surface area contributed by atoms with E-state index in [9.17, 15) is 4.79 Å². The number of carboxylic acid groups (broad SMARTS) is 1. The van der Waals surface area contributed by atoms with Crippen LogP contribution < -0.4 is 4.90 Å². The minimum Gasteiger partial charge on any atom is -0.476 e. The molecule has 94 valence electrons. The number of hydrogen-bond acceptors (Lipinski definition) is 4. The van der Waals surface area contributed by atoms with Gasteiger partial charge in [-0.15, -0.1) is 0 Å². The molecule has 0 spiro atoms. The number of hydrogen-bond donors (Lipinski definition) is 1. The van der Waals surface area contributed by atoms with Gasteiger partial charge in [0.05, 0.1) is 0 Å². The molecule has 1 aromatic rings. The summed E-state index contributed by atoms with van der Waals surface area (Å²) in [5.74, 6) is -0.0674. The standard InChI is InChI=1S/C12H19N3O2/c1-8(2)7-9(3)15(4)11-10(12(16)17)13-5-6-14-11/h5-6,8-9H,7H2,1-4H3,(H,16,17). The van der Waals surface area contributed by atoms with Crippen LogP contribution in [0.1, 0.15) is 37.7 Å². The number of aromatic carboxylic acids is 1. The number of nitrogens with zero attached hydrogens (tertiary/aromatic N) is 3. The second-order valence-electron chi connectivity index (χ2n) is 4.62. The Morgan fingerprint density at radius 3 is 2.47 bits per heavy atom. The van der Waals surface area contributed by atoms with Gasteiger partial charge in [-0.1, -0.05) is 13.8 Å². The quantitative estimate of drug-likeness (QED) is 0.849. The van der Waals surface area contributed by atoms with Crippen molar-refractivity contribution < 1.29 is 9.90 Å². The van der Waals surface area contributed by atoms with Gasteiger partial charge in [0.2, 0.25) is 0 Å². The fourth-order valence-corrected chi connectivity index (χ4v) is 1.79. The molecule has 0 aliphatic heterocycles. The predicted molar refractivity (Wildman–Crippen MR) is 66.3 cm³/mol. The van der Waals surface area contributed by atoms with Crippen LogP contribution >= 0.6 is 0 Å². The van der Waals surface area contributed by atoms with E-state index in [1.807, 2.05) is 11.9 Å². The lowest BCUT2D eigenvalue weighted by atomic mass is 10.0. The van der Waals surface area contributed by atoms with E-state index in [2.05, 4.69) is 30.7 Å². The molecule has 0 radical (unpaired) electrons. The Hall–Kier alpha value is -1.65. The highest BCUT2D eigenvalue weighted by atomic mass is 16.4. The van der Waals surface area contributed by atoms with E-state index in [4.69, 9.17) is 5.11 Å². The van der Waals surface area contributed by atoms with Gasteiger partial charge in [-0.2, -0.15) is 0 Å². The molecule has 1 atom stereocenters. The molecule has 0 fully saturated rings. The number of anilines is 1. The fourth-order valence-electron chi connectivity index (χ4n) is 1.79. The first-order chi connectivity index (χ1) is 7.93. The molecule has 0 aliphatic rings. The van der Waals surface area contributed by atoms with E-state index >= 15 is 0 Å². The average molecular weight is 237 g/mol. The third-order valence-electron chi connectivity index (χ3n) is 2.69. The number of rotatable bonds is 5. The minimum atomic E-state index is -1.04. The van der Waals surface area contributed by atoms with Crippen molar-refractivity contribution in [1.29, 1.82) is 0 Å². The van der Waals surface area contributed by atoms with Crippen LogP contribution in [0.15, 0.2) is 12.4 Å². The van der Waals surface area contributed by atoms with Crippen LogP contribution in [0, 0.1) is 5.92 Å². The monoisotopic (exact) mass is 237 g/mol. The number of carboxylic acids is 1. The summed E-state index contributed by atoms with van der Waals surface area (Å²) in [6.07, 6.45) is 3.89. The smallest absolute Gasteiger partial charge is 0.358 e. The molecule has 17 heavy (non-hydrogen) atoms. The Morgan fingerprint density at radius 1 is 1.35 bits per heavy atom. The van der Waals surface area contributed by atoms with Crippen molar-refractivity contribution in [3.05, 3.63) is 18.1 Å². The molecular formula is C12H19N3O2. The first-order valence-electron chi connectivity index (χ1n) is 5.70. The topological polar surface area (TPSA) is 66.3 Å². The molecule has 1 unspecified atom stereocenters. The lowest BCUT2D eigenvalue weighted by Crippen LogP contribution is -2.32. The van der Waals surface area contributed by atoms with Crippen molar-refractivity contribution in [2.45, 2.75) is 33.2 Å². The Labute approximate surface area is 102 Å². The molecule has 0 saturated carbocycles. The van der Waals surface area contributed by atoms with Gasteiger partial charge in [-0.25, -0.2) is 14.8 Å². The van der Waals surface area contributed by atoms with Crippen molar-refractivity contribution in [2.75, 3.05) is 11.9 Å². The van der Waals surface area contributed by atoms with Crippen molar-refractivity contribution in [1.82, 2.24) is 9.97 Å². The van der Waals surface area contributed by atoms with Gasteiger partial charge in [0.1, 0.15) is 0 Å². The van der Waals surface area contributed by atoms with Gasteiger partial charge >= 0.3 is 5.97 Å². The Kier molecular flexibility index (Phi) is 4.43. The van der Waals surface area contributed by atoms with Gasteiger partial charge in [0, 0.05) is 25.5 Å². The van der Waals surface area contributed by atoms with Crippen LogP contribution in [-0.4, -0.2) is 34.1 Å². The zero-order valence-corrected chi connectivity index (χ0v) is 10.7. The number of aromatic nitrogens is 2. The third-order valence-corrected chi connectivity index (χ3v) is 2.69. The molecule has 1 aromatic heterocycles. The third kappa shape index (κ3) is 3.41. The largest absolute Gasteiger partial charge is 0.476 e. The highest BCUT2D eigenvalue weighted by molar-refractivity contribution is 5.90. The molecule has 0 aliphatic carbocycles. The van der Waals surface area contributed by atoms with Crippen LogP contribution in [0.5, 0.6) is 0 Å².